The Hall–Kier alpha value is -2.21. The number of carbonyl (C=O) groups excluding carboxylic acids is 1. The number of hydrogen-bond acceptors (Lipinski definition) is 2. The predicted octanol–water partition coefficient (Wildman–Crippen LogP) is 4.77. The van der Waals surface area contributed by atoms with Gasteiger partial charge in [-0.25, -0.2) is 0 Å². The summed E-state index contributed by atoms with van der Waals surface area (Å²) < 4.78 is 43.8. The molecule has 23 heavy (non-hydrogen) atoms. The van der Waals surface area contributed by atoms with Crippen molar-refractivity contribution in [2.45, 2.75) is 12.6 Å². The molecule has 0 heterocycles. The Morgan fingerprint density at radius 3 is 2.43 bits per heavy atom. The minimum Gasteiger partial charge on any atom is -0.491 e. The third-order valence-corrected chi connectivity index (χ3v) is 3.24. The number of amides is 1. The molecule has 0 fully saturated rings. The lowest BCUT2D eigenvalue weighted by Gasteiger charge is -2.13. The summed E-state index contributed by atoms with van der Waals surface area (Å²) in [4.78, 5) is 11.8. The molecule has 2 rings (SSSR count). The van der Waals surface area contributed by atoms with E-state index in [1.165, 1.54) is 18.2 Å². The van der Waals surface area contributed by atoms with Crippen molar-refractivity contribution in [1.82, 2.24) is 0 Å². The number of anilines is 1. The highest BCUT2D eigenvalue weighted by atomic mass is 35.5. The number of carbonyl (C=O) groups is 1. The summed E-state index contributed by atoms with van der Waals surface area (Å²) in [6, 6.07) is 11.5. The third-order valence-electron chi connectivity index (χ3n) is 2.93. The Kier molecular flexibility index (Phi) is 5.50. The number of benzene rings is 2. The van der Waals surface area contributed by atoms with E-state index in [9.17, 15) is 18.0 Å². The van der Waals surface area contributed by atoms with Crippen molar-refractivity contribution >= 4 is 23.2 Å². The Morgan fingerprint density at radius 2 is 1.74 bits per heavy atom. The van der Waals surface area contributed by atoms with Crippen molar-refractivity contribution in [3.05, 3.63) is 59.1 Å². The molecule has 3 nitrogen and oxygen atoms in total. The monoisotopic (exact) mass is 343 g/mol. The van der Waals surface area contributed by atoms with E-state index < -0.39 is 17.6 Å². The molecule has 0 saturated heterocycles. The number of nitrogens with one attached hydrogen (secondary N) is 1. The van der Waals surface area contributed by atoms with E-state index in [1.807, 2.05) is 0 Å². The first kappa shape index (κ1) is 17.1. The van der Waals surface area contributed by atoms with Gasteiger partial charge in [0.15, 0.2) is 0 Å². The van der Waals surface area contributed by atoms with Crippen LogP contribution in [-0.4, -0.2) is 12.5 Å². The topological polar surface area (TPSA) is 38.3 Å². The molecule has 1 N–H and O–H groups in total. The molecule has 0 radical (unpaired) electrons. The van der Waals surface area contributed by atoms with Gasteiger partial charge in [0.25, 0.3) is 0 Å². The van der Waals surface area contributed by atoms with Gasteiger partial charge in [0, 0.05) is 0 Å². The summed E-state index contributed by atoms with van der Waals surface area (Å²) in [6.45, 7) is 0.00372. The van der Waals surface area contributed by atoms with Gasteiger partial charge in [0.2, 0.25) is 5.91 Å². The zero-order valence-electron chi connectivity index (χ0n) is 11.9. The second-order valence-electron chi connectivity index (χ2n) is 4.62. The van der Waals surface area contributed by atoms with Crippen LogP contribution >= 0.6 is 11.6 Å². The second-order valence-corrected chi connectivity index (χ2v) is 5.03. The van der Waals surface area contributed by atoms with Crippen LogP contribution in [0.15, 0.2) is 48.5 Å². The van der Waals surface area contributed by atoms with E-state index in [0.717, 1.165) is 6.07 Å². The SMILES string of the molecule is O=C(CCOc1ccccc1Cl)Nc1ccccc1C(F)(F)F. The zero-order valence-corrected chi connectivity index (χ0v) is 12.6. The maximum absolute atomic E-state index is 12.8. The van der Waals surface area contributed by atoms with Gasteiger partial charge < -0.3 is 10.1 Å². The van der Waals surface area contributed by atoms with Crippen LogP contribution in [0.25, 0.3) is 0 Å². The molecule has 0 spiro atoms. The van der Waals surface area contributed by atoms with Gasteiger partial charge in [0.1, 0.15) is 5.75 Å². The van der Waals surface area contributed by atoms with Crippen molar-refractivity contribution in [1.29, 1.82) is 0 Å². The normalized spacial score (nSPS) is 11.1. The van der Waals surface area contributed by atoms with Crippen LogP contribution in [0.3, 0.4) is 0 Å². The molecule has 7 heteroatoms. The summed E-state index contributed by atoms with van der Waals surface area (Å²) in [5.74, 6) is -0.161. The molecule has 0 saturated carbocycles. The minimum absolute atomic E-state index is 0.00372. The number of alkyl halides is 3. The lowest BCUT2D eigenvalue weighted by molar-refractivity contribution is -0.137. The highest BCUT2D eigenvalue weighted by Crippen LogP contribution is 2.34. The van der Waals surface area contributed by atoms with Gasteiger partial charge >= 0.3 is 6.18 Å². The van der Waals surface area contributed by atoms with Crippen molar-refractivity contribution < 1.29 is 22.7 Å². The van der Waals surface area contributed by atoms with Crippen LogP contribution in [-0.2, 0) is 11.0 Å². The molecule has 2 aromatic carbocycles. The van der Waals surface area contributed by atoms with Crippen LogP contribution in [0.1, 0.15) is 12.0 Å². The first-order valence-corrected chi connectivity index (χ1v) is 7.09. The number of rotatable bonds is 5. The van der Waals surface area contributed by atoms with Crippen molar-refractivity contribution in [2.75, 3.05) is 11.9 Å². The molecule has 0 aliphatic carbocycles. The van der Waals surface area contributed by atoms with Gasteiger partial charge in [-0.15, -0.1) is 0 Å². The highest BCUT2D eigenvalue weighted by Gasteiger charge is 2.33. The fourth-order valence-corrected chi connectivity index (χ4v) is 2.06. The largest absolute Gasteiger partial charge is 0.491 e. The average molecular weight is 344 g/mol. The Morgan fingerprint density at radius 1 is 1.09 bits per heavy atom. The Labute approximate surface area is 136 Å². The standard InChI is InChI=1S/C16H13ClF3NO2/c17-12-6-2-4-8-14(12)23-10-9-15(22)21-13-7-3-1-5-11(13)16(18,19)20/h1-8H,9-10H2,(H,21,22). The van der Waals surface area contributed by atoms with Crippen LogP contribution in [0.2, 0.25) is 5.02 Å². The molecular weight excluding hydrogens is 331 g/mol. The fraction of sp³-hybridized carbons (Fsp3) is 0.188. The van der Waals surface area contributed by atoms with Crippen LogP contribution < -0.4 is 10.1 Å². The van der Waals surface area contributed by atoms with Crippen LogP contribution in [0.5, 0.6) is 5.75 Å². The maximum atomic E-state index is 12.8. The molecule has 122 valence electrons. The lowest BCUT2D eigenvalue weighted by Crippen LogP contribution is -2.18. The molecular formula is C16H13ClF3NO2. The molecule has 1 amide bonds. The molecule has 0 aliphatic heterocycles. The smallest absolute Gasteiger partial charge is 0.418 e. The van der Waals surface area contributed by atoms with Crippen molar-refractivity contribution in [3.8, 4) is 5.75 Å². The van der Waals surface area contributed by atoms with Crippen molar-refractivity contribution in [2.24, 2.45) is 0 Å². The molecule has 0 aromatic heterocycles. The van der Waals surface area contributed by atoms with Crippen LogP contribution in [0.4, 0.5) is 18.9 Å². The van der Waals surface area contributed by atoms with E-state index >= 15 is 0 Å². The van der Waals surface area contributed by atoms with E-state index in [1.54, 1.807) is 24.3 Å². The summed E-state index contributed by atoms with van der Waals surface area (Å²) in [5, 5.41) is 2.64. The highest BCUT2D eigenvalue weighted by molar-refractivity contribution is 6.32. The summed E-state index contributed by atoms with van der Waals surface area (Å²) in [6.07, 6.45) is -4.63. The van der Waals surface area contributed by atoms with E-state index in [0.29, 0.717) is 10.8 Å². The van der Waals surface area contributed by atoms with Gasteiger partial charge in [-0.1, -0.05) is 35.9 Å². The predicted molar refractivity (Wildman–Crippen MR) is 81.6 cm³/mol. The van der Waals surface area contributed by atoms with Gasteiger partial charge in [-0.3, -0.25) is 4.79 Å². The molecule has 0 bridgehead atoms. The van der Waals surface area contributed by atoms with Gasteiger partial charge in [-0.2, -0.15) is 13.2 Å². The molecule has 0 unspecified atom stereocenters. The average Bonchev–Trinajstić information content (AvgIpc) is 2.49. The zero-order chi connectivity index (χ0) is 16.9. The molecule has 0 aliphatic rings. The Bertz CT molecular complexity index is 689. The summed E-state index contributed by atoms with van der Waals surface area (Å²) in [5.41, 5.74) is -1.16. The quantitative estimate of drug-likeness (QED) is 0.849. The molecule has 0 atom stereocenters. The van der Waals surface area contributed by atoms with Gasteiger partial charge in [-0.05, 0) is 24.3 Å². The molecule has 2 aromatic rings. The van der Waals surface area contributed by atoms with E-state index in [4.69, 9.17) is 16.3 Å². The summed E-state index contributed by atoms with van der Waals surface area (Å²) in [7, 11) is 0. The van der Waals surface area contributed by atoms with Crippen molar-refractivity contribution in [3.63, 3.8) is 0 Å². The Balaban J connectivity index is 1.92. The second kappa shape index (κ2) is 7.37. The number of ether oxygens (including phenoxy) is 1. The first-order valence-electron chi connectivity index (χ1n) is 6.71. The lowest BCUT2D eigenvalue weighted by atomic mass is 10.1. The first-order chi connectivity index (χ1) is 10.9. The van der Waals surface area contributed by atoms with Crippen LogP contribution in [0, 0.1) is 0 Å². The number of hydrogen-bond donors (Lipinski definition) is 1. The third kappa shape index (κ3) is 4.89. The summed E-state index contributed by atoms with van der Waals surface area (Å²) >= 11 is 5.89. The minimum atomic E-state index is -4.53. The fourth-order valence-electron chi connectivity index (χ4n) is 1.87. The van der Waals surface area contributed by atoms with Gasteiger partial charge in [0.05, 0.1) is 29.3 Å². The number of para-hydroxylation sites is 2. The van der Waals surface area contributed by atoms with E-state index in [-0.39, 0.29) is 18.7 Å². The van der Waals surface area contributed by atoms with E-state index in [2.05, 4.69) is 5.32 Å². The number of halogens is 4. The maximum Gasteiger partial charge on any atom is 0.418 e.